The van der Waals surface area contributed by atoms with E-state index >= 15 is 0 Å². The second-order valence-electron chi connectivity index (χ2n) is 3.70. The summed E-state index contributed by atoms with van der Waals surface area (Å²) in [6.45, 7) is 0. The number of amidine groups is 1. The monoisotopic (exact) mass is 292 g/mol. The highest BCUT2D eigenvalue weighted by atomic mass is 32.2. The molecule has 1 amide bonds. The van der Waals surface area contributed by atoms with Crippen LogP contribution < -0.4 is 10.1 Å². The lowest BCUT2D eigenvalue weighted by molar-refractivity contribution is -0.135. The van der Waals surface area contributed by atoms with Crippen LogP contribution in [-0.4, -0.2) is 31.3 Å². The first-order valence-electron chi connectivity index (χ1n) is 5.64. The highest BCUT2D eigenvalue weighted by Gasteiger charge is 2.24. The summed E-state index contributed by atoms with van der Waals surface area (Å²) in [5, 5.41) is 2.99. The summed E-state index contributed by atoms with van der Waals surface area (Å²) in [5.74, 6) is -0.218. The van der Waals surface area contributed by atoms with Crippen LogP contribution in [0, 0.1) is 0 Å². The lowest BCUT2D eigenvalue weighted by atomic mass is 10.3. The maximum atomic E-state index is 11.6. The lowest BCUT2D eigenvalue weighted by Crippen LogP contribution is -2.19. The van der Waals surface area contributed by atoms with Crippen molar-refractivity contribution < 1.29 is 19.1 Å². The first-order chi connectivity index (χ1) is 9.62. The standard InChI is InChI=1S/C13H12N2O4S/c1-18-9-5-3-8(4-6-9)14-13-15-12(17)10(20-13)7-11(16)19-2/h3-7H,1-2H3,(H,14,15,17)/b10-7-. The van der Waals surface area contributed by atoms with Crippen LogP contribution in [0.25, 0.3) is 0 Å². The van der Waals surface area contributed by atoms with Crippen molar-refractivity contribution in [3.63, 3.8) is 0 Å². The molecule has 0 saturated carbocycles. The van der Waals surface area contributed by atoms with Gasteiger partial charge in [0.2, 0.25) is 0 Å². The summed E-state index contributed by atoms with van der Waals surface area (Å²) in [4.78, 5) is 27.2. The van der Waals surface area contributed by atoms with Crippen molar-refractivity contribution >= 4 is 34.5 Å². The second kappa shape index (κ2) is 6.25. The molecule has 0 atom stereocenters. The molecule has 1 heterocycles. The summed E-state index contributed by atoms with van der Waals surface area (Å²) < 4.78 is 9.52. The number of amides is 1. The Hall–Kier alpha value is -2.28. The number of rotatable bonds is 3. The normalized spacial score (nSPS) is 18.2. The Labute approximate surface area is 119 Å². The molecule has 0 bridgehead atoms. The predicted molar refractivity (Wildman–Crippen MR) is 75.9 cm³/mol. The van der Waals surface area contributed by atoms with Gasteiger partial charge in [-0.15, -0.1) is 0 Å². The zero-order valence-electron chi connectivity index (χ0n) is 10.9. The van der Waals surface area contributed by atoms with Gasteiger partial charge in [-0.1, -0.05) is 0 Å². The second-order valence-corrected chi connectivity index (χ2v) is 4.73. The summed E-state index contributed by atoms with van der Waals surface area (Å²) in [6.07, 6.45) is 1.14. The Morgan fingerprint density at radius 1 is 1.30 bits per heavy atom. The number of aliphatic imine (C=N–C) groups is 1. The summed E-state index contributed by atoms with van der Waals surface area (Å²) >= 11 is 1.09. The number of hydrogen-bond acceptors (Lipinski definition) is 6. The van der Waals surface area contributed by atoms with Gasteiger partial charge in [0.15, 0.2) is 5.17 Å². The molecular weight excluding hydrogens is 280 g/mol. The SMILES string of the molecule is COC(=O)/C=C1\SC(=Nc2ccc(OC)cc2)NC1=O. The quantitative estimate of drug-likeness (QED) is 0.676. The molecule has 0 radical (unpaired) electrons. The van der Waals surface area contributed by atoms with Crippen molar-refractivity contribution in [3.05, 3.63) is 35.2 Å². The van der Waals surface area contributed by atoms with E-state index in [9.17, 15) is 9.59 Å². The van der Waals surface area contributed by atoms with Gasteiger partial charge in [0.25, 0.3) is 5.91 Å². The number of thioether (sulfide) groups is 1. The minimum Gasteiger partial charge on any atom is -0.497 e. The molecular formula is C13H12N2O4S. The van der Waals surface area contributed by atoms with Gasteiger partial charge in [-0.2, -0.15) is 0 Å². The van der Waals surface area contributed by atoms with E-state index in [4.69, 9.17) is 4.74 Å². The Morgan fingerprint density at radius 3 is 2.60 bits per heavy atom. The largest absolute Gasteiger partial charge is 0.497 e. The smallest absolute Gasteiger partial charge is 0.331 e. The van der Waals surface area contributed by atoms with Crippen LogP contribution in [-0.2, 0) is 14.3 Å². The number of benzene rings is 1. The van der Waals surface area contributed by atoms with Crippen LogP contribution in [0.4, 0.5) is 5.69 Å². The van der Waals surface area contributed by atoms with Crippen LogP contribution >= 0.6 is 11.8 Å². The zero-order valence-corrected chi connectivity index (χ0v) is 11.7. The third-order valence-electron chi connectivity index (χ3n) is 2.40. The van der Waals surface area contributed by atoms with Gasteiger partial charge in [-0.25, -0.2) is 9.79 Å². The predicted octanol–water partition coefficient (Wildman–Crippen LogP) is 1.60. The third-order valence-corrected chi connectivity index (χ3v) is 3.31. The molecule has 0 unspecified atom stereocenters. The third kappa shape index (κ3) is 3.39. The molecule has 1 aromatic carbocycles. The molecule has 6 nitrogen and oxygen atoms in total. The number of nitrogens with one attached hydrogen (secondary N) is 1. The number of ether oxygens (including phenoxy) is 2. The molecule has 2 rings (SSSR count). The molecule has 1 aromatic rings. The van der Waals surface area contributed by atoms with Crippen molar-refractivity contribution in [1.29, 1.82) is 0 Å². The number of carbonyl (C=O) groups excluding carboxylic acids is 2. The van der Waals surface area contributed by atoms with E-state index < -0.39 is 5.97 Å². The number of esters is 1. The van der Waals surface area contributed by atoms with E-state index in [1.54, 1.807) is 31.4 Å². The fourth-order valence-electron chi connectivity index (χ4n) is 1.42. The van der Waals surface area contributed by atoms with Gasteiger partial charge >= 0.3 is 5.97 Å². The van der Waals surface area contributed by atoms with E-state index in [1.807, 2.05) is 0 Å². The van der Waals surface area contributed by atoms with E-state index in [2.05, 4.69) is 15.0 Å². The molecule has 0 aromatic heterocycles. The van der Waals surface area contributed by atoms with Gasteiger partial charge in [0.05, 0.1) is 24.8 Å². The van der Waals surface area contributed by atoms with Crippen molar-refractivity contribution in [1.82, 2.24) is 5.32 Å². The van der Waals surface area contributed by atoms with Crippen molar-refractivity contribution in [2.45, 2.75) is 0 Å². The maximum Gasteiger partial charge on any atom is 0.331 e. The Bertz CT molecular complexity index is 593. The van der Waals surface area contributed by atoms with Gasteiger partial charge in [-0.3, -0.25) is 4.79 Å². The average molecular weight is 292 g/mol. The van der Waals surface area contributed by atoms with E-state index in [1.165, 1.54) is 7.11 Å². The number of carbonyl (C=O) groups is 2. The van der Waals surface area contributed by atoms with E-state index in [-0.39, 0.29) is 10.8 Å². The summed E-state index contributed by atoms with van der Waals surface area (Å²) in [6, 6.07) is 7.07. The van der Waals surface area contributed by atoms with Crippen molar-refractivity contribution in [2.24, 2.45) is 4.99 Å². The van der Waals surface area contributed by atoms with Gasteiger partial charge in [0, 0.05) is 6.08 Å². The molecule has 104 valence electrons. The molecule has 20 heavy (non-hydrogen) atoms. The van der Waals surface area contributed by atoms with Crippen LogP contribution in [0.1, 0.15) is 0 Å². The van der Waals surface area contributed by atoms with Crippen molar-refractivity contribution in [3.8, 4) is 5.75 Å². The Morgan fingerprint density at radius 2 is 2.00 bits per heavy atom. The summed E-state index contributed by atoms with van der Waals surface area (Å²) in [5.41, 5.74) is 0.674. The first kappa shape index (κ1) is 14.1. The first-order valence-corrected chi connectivity index (χ1v) is 6.45. The molecule has 0 spiro atoms. The van der Waals surface area contributed by atoms with E-state index in [0.29, 0.717) is 10.9 Å². The summed E-state index contributed by atoms with van der Waals surface area (Å²) in [7, 11) is 2.83. The molecule has 7 heteroatoms. The Balaban J connectivity index is 2.14. The molecule has 1 N–H and O–H groups in total. The Kier molecular flexibility index (Phi) is 4.41. The van der Waals surface area contributed by atoms with Crippen LogP contribution in [0.2, 0.25) is 0 Å². The lowest BCUT2D eigenvalue weighted by Gasteiger charge is -1.99. The minimum atomic E-state index is -0.576. The highest BCUT2D eigenvalue weighted by Crippen LogP contribution is 2.26. The fourth-order valence-corrected chi connectivity index (χ4v) is 2.22. The molecule has 1 aliphatic heterocycles. The zero-order chi connectivity index (χ0) is 14.5. The molecule has 0 aliphatic carbocycles. The van der Waals surface area contributed by atoms with Crippen LogP contribution in [0.5, 0.6) is 5.75 Å². The number of nitrogens with zero attached hydrogens (tertiary/aromatic N) is 1. The molecule has 1 fully saturated rings. The minimum absolute atomic E-state index is 0.254. The topological polar surface area (TPSA) is 77.0 Å². The number of hydrogen-bond donors (Lipinski definition) is 1. The average Bonchev–Trinajstić information content (AvgIpc) is 2.79. The van der Waals surface area contributed by atoms with Gasteiger partial charge in [-0.05, 0) is 36.0 Å². The number of methoxy groups -OCH3 is 2. The van der Waals surface area contributed by atoms with Gasteiger partial charge in [0.1, 0.15) is 5.75 Å². The van der Waals surface area contributed by atoms with Crippen LogP contribution in [0.3, 0.4) is 0 Å². The van der Waals surface area contributed by atoms with E-state index in [0.717, 1.165) is 23.6 Å². The molecule has 1 saturated heterocycles. The fraction of sp³-hybridized carbons (Fsp3) is 0.154. The van der Waals surface area contributed by atoms with Crippen LogP contribution in [0.15, 0.2) is 40.2 Å². The highest BCUT2D eigenvalue weighted by molar-refractivity contribution is 8.18. The van der Waals surface area contributed by atoms with Gasteiger partial charge < -0.3 is 14.8 Å². The maximum absolute atomic E-state index is 11.6. The molecule has 1 aliphatic rings. The van der Waals surface area contributed by atoms with Crippen molar-refractivity contribution in [2.75, 3.05) is 14.2 Å².